The molecule has 29 heavy (non-hydrogen) atoms. The van der Waals surface area contributed by atoms with Crippen molar-refractivity contribution in [2.24, 2.45) is 0 Å². The minimum atomic E-state index is 0.925. The summed E-state index contributed by atoms with van der Waals surface area (Å²) < 4.78 is 5.73. The third-order valence-corrected chi connectivity index (χ3v) is 5.46. The highest BCUT2D eigenvalue weighted by molar-refractivity contribution is 5.76. The van der Waals surface area contributed by atoms with Crippen molar-refractivity contribution in [1.29, 1.82) is 0 Å². The molecule has 0 saturated carbocycles. The molecule has 0 spiro atoms. The van der Waals surface area contributed by atoms with Crippen molar-refractivity contribution in [2.45, 2.75) is 53.4 Å². The van der Waals surface area contributed by atoms with Gasteiger partial charge in [-0.25, -0.2) is 0 Å². The van der Waals surface area contributed by atoms with E-state index in [0.29, 0.717) is 0 Å². The molecule has 0 radical (unpaired) electrons. The summed E-state index contributed by atoms with van der Waals surface area (Å²) in [5.41, 5.74) is 7.28. The molecule has 0 aliphatic rings. The van der Waals surface area contributed by atoms with Gasteiger partial charge in [0.1, 0.15) is 5.75 Å². The number of nitrogens with zero attached hydrogens (tertiary/aromatic N) is 1. The molecule has 2 rings (SSSR count). The largest absolute Gasteiger partial charge is 0.496 e. The molecular formula is C27H37NO. The Hall–Kier alpha value is -2.48. The second-order valence-electron chi connectivity index (χ2n) is 7.72. The Balaban J connectivity index is 2.29. The number of benzene rings is 2. The fraction of sp³-hybridized carbons (Fsp3) is 0.407. The Bertz CT molecular complexity index is 827. The summed E-state index contributed by atoms with van der Waals surface area (Å²) in [6, 6.07) is 11.0. The van der Waals surface area contributed by atoms with Crippen LogP contribution in [0.5, 0.6) is 5.75 Å². The van der Waals surface area contributed by atoms with Gasteiger partial charge in [-0.3, -0.25) is 0 Å². The van der Waals surface area contributed by atoms with E-state index in [-0.39, 0.29) is 0 Å². The van der Waals surface area contributed by atoms with Crippen molar-refractivity contribution in [1.82, 2.24) is 0 Å². The van der Waals surface area contributed by atoms with E-state index < -0.39 is 0 Å². The first-order chi connectivity index (χ1) is 14.0. The molecule has 0 fully saturated rings. The van der Waals surface area contributed by atoms with Gasteiger partial charge in [0.15, 0.2) is 0 Å². The number of hydrogen-bond donors (Lipinski definition) is 0. The summed E-state index contributed by atoms with van der Waals surface area (Å²) in [6.45, 7) is 14.9. The molecule has 0 bridgehead atoms. The molecule has 2 aromatic rings. The number of methoxy groups -OCH3 is 1. The minimum Gasteiger partial charge on any atom is -0.496 e. The first kappa shape index (κ1) is 22.8. The molecule has 0 aliphatic heterocycles. The summed E-state index contributed by atoms with van der Waals surface area (Å²) in [6.07, 6.45) is 11.1. The molecule has 0 N–H and O–H groups in total. The van der Waals surface area contributed by atoms with E-state index in [4.69, 9.17) is 4.74 Å². The highest BCUT2D eigenvalue weighted by atomic mass is 16.5. The second-order valence-corrected chi connectivity index (χ2v) is 7.72. The molecular weight excluding hydrogens is 354 g/mol. The molecule has 2 nitrogen and oxygen atoms in total. The lowest BCUT2D eigenvalue weighted by molar-refractivity contribution is 0.414. The van der Waals surface area contributed by atoms with Crippen LogP contribution in [-0.2, 0) is 0 Å². The first-order valence-corrected chi connectivity index (χ1v) is 10.9. The number of anilines is 1. The average molecular weight is 392 g/mol. The Labute approximate surface area is 177 Å². The van der Waals surface area contributed by atoms with Gasteiger partial charge in [0.25, 0.3) is 0 Å². The van der Waals surface area contributed by atoms with Gasteiger partial charge in [0, 0.05) is 30.4 Å². The third-order valence-electron chi connectivity index (χ3n) is 5.46. The lowest BCUT2D eigenvalue weighted by Gasteiger charge is -2.25. The van der Waals surface area contributed by atoms with Crippen LogP contribution in [0.3, 0.4) is 0 Å². The zero-order valence-corrected chi connectivity index (χ0v) is 18.9. The molecule has 2 aromatic carbocycles. The topological polar surface area (TPSA) is 12.5 Å². The van der Waals surface area contributed by atoms with Crippen LogP contribution in [0.4, 0.5) is 5.69 Å². The van der Waals surface area contributed by atoms with Crippen LogP contribution in [0.25, 0.3) is 18.2 Å². The van der Waals surface area contributed by atoms with Gasteiger partial charge in [-0.15, -0.1) is 0 Å². The van der Waals surface area contributed by atoms with E-state index in [0.717, 1.165) is 24.4 Å². The summed E-state index contributed by atoms with van der Waals surface area (Å²) in [5, 5.41) is 0. The van der Waals surface area contributed by atoms with Crippen molar-refractivity contribution in [3.8, 4) is 5.75 Å². The molecule has 0 unspecified atom stereocenters. The number of unbranched alkanes of at least 4 members (excludes halogenated alkanes) is 2. The molecule has 0 saturated heterocycles. The first-order valence-electron chi connectivity index (χ1n) is 10.9. The number of hydrogen-bond acceptors (Lipinski definition) is 2. The van der Waals surface area contributed by atoms with Gasteiger partial charge in [-0.1, -0.05) is 63.6 Å². The number of ether oxygens (including phenoxy) is 1. The maximum absolute atomic E-state index is 5.73. The third kappa shape index (κ3) is 6.25. The Kier molecular flexibility index (Phi) is 9.05. The van der Waals surface area contributed by atoms with Crippen molar-refractivity contribution in [2.75, 3.05) is 25.1 Å². The maximum atomic E-state index is 5.73. The van der Waals surface area contributed by atoms with E-state index in [9.17, 15) is 0 Å². The molecule has 0 heterocycles. The second kappa shape index (κ2) is 11.5. The van der Waals surface area contributed by atoms with Gasteiger partial charge in [0.05, 0.1) is 7.11 Å². The molecule has 0 aliphatic carbocycles. The van der Waals surface area contributed by atoms with Gasteiger partial charge in [0.2, 0.25) is 0 Å². The Morgan fingerprint density at radius 3 is 2.03 bits per heavy atom. The maximum Gasteiger partial charge on any atom is 0.128 e. The SMILES string of the molecule is C=Cc1cc(C)c(C=Cc2ccc(N(CCCC)CCCC)cc2OC)cc1C. The van der Waals surface area contributed by atoms with E-state index in [1.54, 1.807) is 7.11 Å². The van der Waals surface area contributed by atoms with Crippen LogP contribution >= 0.6 is 0 Å². The van der Waals surface area contributed by atoms with E-state index in [1.807, 2.05) is 6.08 Å². The number of aryl methyl sites for hydroxylation is 2. The van der Waals surface area contributed by atoms with Crippen LogP contribution in [0.1, 0.15) is 67.3 Å². The lowest BCUT2D eigenvalue weighted by Crippen LogP contribution is -2.25. The molecule has 156 valence electrons. The number of rotatable bonds is 11. The van der Waals surface area contributed by atoms with Crippen molar-refractivity contribution in [3.05, 3.63) is 64.7 Å². The Morgan fingerprint density at radius 2 is 1.45 bits per heavy atom. The van der Waals surface area contributed by atoms with Crippen LogP contribution in [0.15, 0.2) is 36.9 Å². The smallest absolute Gasteiger partial charge is 0.128 e. The van der Waals surface area contributed by atoms with Crippen LogP contribution in [0.2, 0.25) is 0 Å². The van der Waals surface area contributed by atoms with Gasteiger partial charge < -0.3 is 9.64 Å². The molecule has 2 heteroatoms. The Morgan fingerprint density at radius 1 is 0.862 bits per heavy atom. The van der Waals surface area contributed by atoms with Crippen LogP contribution in [0, 0.1) is 13.8 Å². The molecule has 0 aromatic heterocycles. The van der Waals surface area contributed by atoms with Crippen molar-refractivity contribution >= 4 is 23.9 Å². The van der Waals surface area contributed by atoms with E-state index in [2.05, 4.69) is 81.7 Å². The zero-order chi connectivity index (χ0) is 21.2. The fourth-order valence-electron chi connectivity index (χ4n) is 3.54. The quantitative estimate of drug-likeness (QED) is 0.367. The standard InChI is InChI=1S/C27H37NO/c1-7-10-16-28(17-11-8-2)26-15-14-24(27(20-26)29-6)12-13-25-19-21(4)23(9-3)18-22(25)5/h9,12-15,18-20H,3,7-8,10-11,16-17H2,1-2,4-6H3. The van der Waals surface area contributed by atoms with Gasteiger partial charge in [-0.2, -0.15) is 0 Å². The van der Waals surface area contributed by atoms with Crippen LogP contribution in [-0.4, -0.2) is 20.2 Å². The van der Waals surface area contributed by atoms with E-state index in [1.165, 1.54) is 53.6 Å². The lowest BCUT2D eigenvalue weighted by atomic mass is 9.99. The van der Waals surface area contributed by atoms with Crippen LogP contribution < -0.4 is 9.64 Å². The summed E-state index contributed by atoms with van der Waals surface area (Å²) in [7, 11) is 1.76. The predicted octanol–water partition coefficient (Wildman–Crippen LogP) is 7.53. The summed E-state index contributed by atoms with van der Waals surface area (Å²) in [4.78, 5) is 2.49. The van der Waals surface area contributed by atoms with E-state index >= 15 is 0 Å². The highest BCUT2D eigenvalue weighted by Crippen LogP contribution is 2.28. The average Bonchev–Trinajstić information content (AvgIpc) is 2.74. The van der Waals surface area contributed by atoms with Gasteiger partial charge in [-0.05, 0) is 61.1 Å². The fourth-order valence-corrected chi connectivity index (χ4v) is 3.54. The summed E-state index contributed by atoms with van der Waals surface area (Å²) in [5.74, 6) is 0.925. The minimum absolute atomic E-state index is 0.925. The normalized spacial score (nSPS) is 11.1. The monoisotopic (exact) mass is 391 g/mol. The summed E-state index contributed by atoms with van der Waals surface area (Å²) >= 11 is 0. The van der Waals surface area contributed by atoms with Crippen molar-refractivity contribution in [3.63, 3.8) is 0 Å². The van der Waals surface area contributed by atoms with Crippen molar-refractivity contribution < 1.29 is 4.74 Å². The van der Waals surface area contributed by atoms with Gasteiger partial charge >= 0.3 is 0 Å². The zero-order valence-electron chi connectivity index (χ0n) is 18.9. The predicted molar refractivity (Wildman–Crippen MR) is 130 cm³/mol. The highest BCUT2D eigenvalue weighted by Gasteiger charge is 2.09. The molecule has 0 atom stereocenters. The molecule has 0 amide bonds.